The second kappa shape index (κ2) is 6.10. The van der Waals surface area contributed by atoms with Crippen LogP contribution >= 0.6 is 0 Å². The Hall–Kier alpha value is -1.85. The molecular formula is C17H19NO3S. The molecule has 0 aliphatic carbocycles. The van der Waals surface area contributed by atoms with Gasteiger partial charge in [-0.05, 0) is 36.2 Å². The van der Waals surface area contributed by atoms with Crippen LogP contribution in [0.3, 0.4) is 0 Å². The number of aryl methyl sites for hydroxylation is 1. The number of ether oxygens (including phenoxy) is 1. The van der Waals surface area contributed by atoms with Crippen LogP contribution in [0, 0.1) is 0 Å². The maximum absolute atomic E-state index is 13.0. The fourth-order valence-electron chi connectivity index (χ4n) is 2.35. The van der Waals surface area contributed by atoms with Crippen LogP contribution in [0.4, 0.5) is 5.69 Å². The van der Waals surface area contributed by atoms with Gasteiger partial charge >= 0.3 is 0 Å². The molecule has 0 aromatic heterocycles. The van der Waals surface area contributed by atoms with E-state index < -0.39 is 10.0 Å². The molecule has 1 aliphatic rings. The third kappa shape index (κ3) is 3.15. The van der Waals surface area contributed by atoms with E-state index in [9.17, 15) is 8.42 Å². The molecule has 4 nitrogen and oxygen atoms in total. The summed E-state index contributed by atoms with van der Waals surface area (Å²) in [5.41, 5.74) is 1.68. The molecule has 22 heavy (non-hydrogen) atoms. The molecule has 5 heteroatoms. The van der Waals surface area contributed by atoms with Gasteiger partial charge in [-0.15, -0.1) is 0 Å². The van der Waals surface area contributed by atoms with Crippen LogP contribution < -0.4 is 4.31 Å². The molecule has 2 aromatic rings. The average molecular weight is 317 g/mol. The van der Waals surface area contributed by atoms with Crippen molar-refractivity contribution in [2.24, 2.45) is 0 Å². The topological polar surface area (TPSA) is 49.9 Å². The van der Waals surface area contributed by atoms with Gasteiger partial charge in [0.15, 0.2) is 0 Å². The van der Waals surface area contributed by atoms with Crippen molar-refractivity contribution in [3.63, 3.8) is 0 Å². The molecule has 1 heterocycles. The Morgan fingerprint density at radius 3 is 2.50 bits per heavy atom. The molecule has 1 atom stereocenters. The summed E-state index contributed by atoms with van der Waals surface area (Å²) >= 11 is 0. The molecule has 3 rings (SSSR count). The SMILES string of the molecule is CCc1cccc(S(=O)(=O)N(CC2CO2)c2ccccc2)c1. The zero-order valence-corrected chi connectivity index (χ0v) is 13.3. The highest BCUT2D eigenvalue weighted by Gasteiger charge is 2.32. The first-order valence-electron chi connectivity index (χ1n) is 7.39. The van der Waals surface area contributed by atoms with Gasteiger partial charge in [0.05, 0.1) is 29.8 Å². The van der Waals surface area contributed by atoms with Gasteiger partial charge < -0.3 is 4.74 Å². The van der Waals surface area contributed by atoms with Gasteiger partial charge in [-0.3, -0.25) is 4.31 Å². The summed E-state index contributed by atoms with van der Waals surface area (Å²) in [5, 5.41) is 0. The molecule has 116 valence electrons. The van der Waals surface area contributed by atoms with E-state index in [1.807, 2.05) is 43.3 Å². The fourth-order valence-corrected chi connectivity index (χ4v) is 3.92. The van der Waals surface area contributed by atoms with Gasteiger partial charge in [0.25, 0.3) is 10.0 Å². The Morgan fingerprint density at radius 2 is 1.86 bits per heavy atom. The lowest BCUT2D eigenvalue weighted by Gasteiger charge is -2.24. The van der Waals surface area contributed by atoms with Gasteiger partial charge in [-0.2, -0.15) is 0 Å². The van der Waals surface area contributed by atoms with Crippen LogP contribution in [0.5, 0.6) is 0 Å². The van der Waals surface area contributed by atoms with Crippen LogP contribution in [0.1, 0.15) is 12.5 Å². The number of hydrogen-bond donors (Lipinski definition) is 0. The van der Waals surface area contributed by atoms with Crippen LogP contribution in [-0.4, -0.2) is 27.7 Å². The molecule has 0 saturated carbocycles. The van der Waals surface area contributed by atoms with Crippen molar-refractivity contribution < 1.29 is 13.2 Å². The van der Waals surface area contributed by atoms with Gasteiger partial charge in [-0.1, -0.05) is 37.3 Å². The molecule has 2 aromatic carbocycles. The minimum Gasteiger partial charge on any atom is -0.371 e. The molecular weight excluding hydrogens is 298 g/mol. The van der Waals surface area contributed by atoms with E-state index in [0.717, 1.165) is 12.0 Å². The number of rotatable bonds is 6. The van der Waals surface area contributed by atoms with E-state index in [2.05, 4.69) is 0 Å². The molecule has 1 aliphatic heterocycles. The first kappa shape index (κ1) is 15.1. The minimum absolute atomic E-state index is 0.00987. The van der Waals surface area contributed by atoms with Crippen molar-refractivity contribution in [3.05, 3.63) is 60.2 Å². The Bertz CT molecular complexity index is 740. The second-order valence-electron chi connectivity index (χ2n) is 5.33. The molecule has 0 amide bonds. The van der Waals surface area contributed by atoms with E-state index in [1.54, 1.807) is 18.2 Å². The number of hydrogen-bond acceptors (Lipinski definition) is 3. The Kier molecular flexibility index (Phi) is 4.18. The van der Waals surface area contributed by atoms with E-state index in [1.165, 1.54) is 4.31 Å². The van der Waals surface area contributed by atoms with Crippen molar-refractivity contribution in [3.8, 4) is 0 Å². The second-order valence-corrected chi connectivity index (χ2v) is 7.19. The molecule has 0 spiro atoms. The van der Waals surface area contributed by atoms with Crippen LogP contribution in [0.2, 0.25) is 0 Å². The smallest absolute Gasteiger partial charge is 0.264 e. The zero-order chi connectivity index (χ0) is 15.6. The van der Waals surface area contributed by atoms with Crippen molar-refractivity contribution in [2.75, 3.05) is 17.5 Å². The molecule has 0 bridgehead atoms. The molecule has 0 radical (unpaired) electrons. The molecule has 0 N–H and O–H groups in total. The van der Waals surface area contributed by atoms with Crippen LogP contribution in [-0.2, 0) is 21.2 Å². The van der Waals surface area contributed by atoms with Crippen LogP contribution in [0.15, 0.2) is 59.5 Å². The van der Waals surface area contributed by atoms with Gasteiger partial charge in [0.1, 0.15) is 0 Å². The summed E-state index contributed by atoms with van der Waals surface area (Å²) in [6, 6.07) is 16.3. The summed E-state index contributed by atoms with van der Waals surface area (Å²) in [4.78, 5) is 0.330. The Balaban J connectivity index is 2.01. The first-order chi connectivity index (χ1) is 10.6. The maximum Gasteiger partial charge on any atom is 0.264 e. The van der Waals surface area contributed by atoms with Crippen molar-refractivity contribution in [1.29, 1.82) is 0 Å². The number of para-hydroxylation sites is 1. The minimum atomic E-state index is -3.59. The summed E-state index contributed by atoms with van der Waals surface area (Å²) < 4.78 is 32.7. The van der Waals surface area contributed by atoms with Gasteiger partial charge in [-0.25, -0.2) is 8.42 Å². The van der Waals surface area contributed by atoms with Crippen molar-refractivity contribution >= 4 is 15.7 Å². The Labute approximate surface area is 131 Å². The first-order valence-corrected chi connectivity index (χ1v) is 8.83. The van der Waals surface area contributed by atoms with Gasteiger partial charge in [0, 0.05) is 0 Å². The monoisotopic (exact) mass is 317 g/mol. The summed E-state index contributed by atoms with van der Waals surface area (Å²) in [7, 11) is -3.59. The number of benzene rings is 2. The highest BCUT2D eigenvalue weighted by molar-refractivity contribution is 7.92. The largest absolute Gasteiger partial charge is 0.371 e. The Morgan fingerprint density at radius 1 is 1.14 bits per heavy atom. The summed E-state index contributed by atoms with van der Waals surface area (Å²) in [6.07, 6.45) is 0.796. The van der Waals surface area contributed by atoms with Gasteiger partial charge in [0.2, 0.25) is 0 Å². The summed E-state index contributed by atoms with van der Waals surface area (Å²) in [6.45, 7) is 2.98. The van der Waals surface area contributed by atoms with Crippen molar-refractivity contribution in [1.82, 2.24) is 0 Å². The maximum atomic E-state index is 13.0. The number of sulfonamides is 1. The van der Waals surface area contributed by atoms with Crippen LogP contribution in [0.25, 0.3) is 0 Å². The van der Waals surface area contributed by atoms with E-state index >= 15 is 0 Å². The number of nitrogens with zero attached hydrogens (tertiary/aromatic N) is 1. The highest BCUT2D eigenvalue weighted by atomic mass is 32.2. The molecule has 1 fully saturated rings. The lowest BCUT2D eigenvalue weighted by atomic mass is 10.2. The standard InChI is InChI=1S/C17H19NO3S/c1-2-14-7-6-10-17(11-14)22(19,20)18(12-16-13-21-16)15-8-4-3-5-9-15/h3-11,16H,2,12-13H2,1H3. The van der Waals surface area contributed by atoms with E-state index in [4.69, 9.17) is 4.74 Å². The third-order valence-electron chi connectivity index (χ3n) is 3.71. The van der Waals surface area contributed by atoms with Crippen molar-refractivity contribution in [2.45, 2.75) is 24.3 Å². The number of anilines is 1. The molecule has 1 unspecified atom stereocenters. The fraction of sp³-hybridized carbons (Fsp3) is 0.294. The predicted octanol–water partition coefficient (Wildman–Crippen LogP) is 2.84. The highest BCUT2D eigenvalue weighted by Crippen LogP contribution is 2.26. The van der Waals surface area contributed by atoms with E-state index in [0.29, 0.717) is 23.7 Å². The molecule has 1 saturated heterocycles. The summed E-state index contributed by atoms with van der Waals surface area (Å²) in [5.74, 6) is 0. The lowest BCUT2D eigenvalue weighted by Crippen LogP contribution is -2.34. The average Bonchev–Trinajstić information content (AvgIpc) is 3.37. The third-order valence-corrected chi connectivity index (χ3v) is 5.50. The predicted molar refractivity (Wildman–Crippen MR) is 86.5 cm³/mol. The van der Waals surface area contributed by atoms with E-state index in [-0.39, 0.29) is 6.10 Å². The number of epoxide rings is 1. The zero-order valence-electron chi connectivity index (χ0n) is 12.5. The normalized spacial score (nSPS) is 17.2. The quantitative estimate of drug-likeness (QED) is 0.770. The lowest BCUT2D eigenvalue weighted by molar-refractivity contribution is 0.412.